The van der Waals surface area contributed by atoms with E-state index in [-0.39, 0.29) is 12.0 Å². The van der Waals surface area contributed by atoms with Crippen molar-refractivity contribution in [1.29, 1.82) is 0 Å². The van der Waals surface area contributed by atoms with Crippen LogP contribution in [-0.4, -0.2) is 77.3 Å². The third-order valence-electron chi connectivity index (χ3n) is 8.45. The van der Waals surface area contributed by atoms with Crippen LogP contribution in [0.3, 0.4) is 0 Å². The summed E-state index contributed by atoms with van der Waals surface area (Å²) in [6.07, 6.45) is 0.509. The third-order valence-corrected chi connectivity index (χ3v) is 8.45. The normalized spacial score (nSPS) is 16.8. The Bertz CT molecular complexity index is 1730. The van der Waals surface area contributed by atoms with Crippen molar-refractivity contribution >= 4 is 23.5 Å². The van der Waals surface area contributed by atoms with E-state index < -0.39 is 11.7 Å². The Morgan fingerprint density at radius 3 is 2.35 bits per heavy atom. The van der Waals surface area contributed by atoms with Crippen LogP contribution in [0.25, 0.3) is 16.8 Å². The molecule has 0 bridgehead atoms. The Morgan fingerprint density at radius 1 is 1.00 bits per heavy atom. The summed E-state index contributed by atoms with van der Waals surface area (Å²) < 4.78 is 12.6. The number of aliphatic hydroxyl groups excluding tert-OH is 1. The van der Waals surface area contributed by atoms with Gasteiger partial charge < -0.3 is 19.5 Å². The summed E-state index contributed by atoms with van der Waals surface area (Å²) in [5.41, 5.74) is 5.28. The molecule has 1 aromatic heterocycles. The zero-order valence-electron chi connectivity index (χ0n) is 27.1. The van der Waals surface area contributed by atoms with Gasteiger partial charge in [0.05, 0.1) is 18.9 Å². The standard InChI is InChI=1S/C36H41N5O5/c1-36(2,3)46-35(44)38(4)33-31-19-21-40(34(43)32(31)41(37-33)27-14-16-29(45-5)17-15-27)26-12-10-24(11-13-26)30-9-7-6-8-25(30)22-39-20-18-28(42)23-39/h6-17,28,42H,18-23H2,1-5H3/t28-/m1/s1. The highest BCUT2D eigenvalue weighted by Gasteiger charge is 2.36. The lowest BCUT2D eigenvalue weighted by atomic mass is 9.98. The molecule has 10 nitrogen and oxygen atoms in total. The lowest BCUT2D eigenvalue weighted by molar-refractivity contribution is 0.0587. The van der Waals surface area contributed by atoms with Crippen molar-refractivity contribution in [2.24, 2.45) is 0 Å². The number of benzene rings is 3. The number of carbonyl (C=O) groups excluding carboxylic acids is 2. The molecule has 1 fully saturated rings. The molecule has 10 heteroatoms. The van der Waals surface area contributed by atoms with Gasteiger partial charge in [-0.3, -0.25) is 14.6 Å². The van der Waals surface area contributed by atoms with Crippen LogP contribution in [-0.2, 0) is 17.7 Å². The zero-order valence-corrected chi connectivity index (χ0v) is 27.1. The summed E-state index contributed by atoms with van der Waals surface area (Å²) in [6.45, 7) is 8.22. The first kappa shape index (κ1) is 31.3. The van der Waals surface area contributed by atoms with E-state index in [0.29, 0.717) is 48.0 Å². The van der Waals surface area contributed by atoms with Crippen LogP contribution in [0, 0.1) is 0 Å². The van der Waals surface area contributed by atoms with Gasteiger partial charge in [-0.2, -0.15) is 0 Å². The van der Waals surface area contributed by atoms with Gasteiger partial charge >= 0.3 is 6.09 Å². The molecule has 0 unspecified atom stereocenters. The predicted molar refractivity (Wildman–Crippen MR) is 178 cm³/mol. The zero-order chi connectivity index (χ0) is 32.6. The number of amides is 2. The van der Waals surface area contributed by atoms with Gasteiger partial charge in [-0.1, -0.05) is 36.4 Å². The average molecular weight is 624 g/mol. The SMILES string of the molecule is COc1ccc(-n2nc(N(C)C(=O)OC(C)(C)C)c3c2C(=O)N(c2ccc(-c4ccccc4CN4CC[C@@H](O)C4)cc2)CC3)cc1. The lowest BCUT2D eigenvalue weighted by Crippen LogP contribution is -2.39. The summed E-state index contributed by atoms with van der Waals surface area (Å²) in [4.78, 5) is 32.8. The second-order valence-electron chi connectivity index (χ2n) is 12.9. The van der Waals surface area contributed by atoms with Crippen LogP contribution in [0.4, 0.5) is 16.3 Å². The molecule has 0 radical (unpaired) electrons. The molecule has 2 amide bonds. The van der Waals surface area contributed by atoms with Crippen LogP contribution in [0.5, 0.6) is 5.75 Å². The van der Waals surface area contributed by atoms with Crippen molar-refractivity contribution < 1.29 is 24.2 Å². The Kier molecular flexibility index (Phi) is 8.59. The molecule has 0 saturated carbocycles. The molecule has 1 atom stereocenters. The van der Waals surface area contributed by atoms with Crippen LogP contribution >= 0.6 is 0 Å². The van der Waals surface area contributed by atoms with E-state index in [1.54, 1.807) is 23.7 Å². The number of likely N-dealkylation sites (tertiary alicyclic amines) is 1. The van der Waals surface area contributed by atoms with E-state index in [1.165, 1.54) is 10.5 Å². The number of methoxy groups -OCH3 is 1. The van der Waals surface area contributed by atoms with Gasteiger partial charge in [-0.15, -0.1) is 5.10 Å². The predicted octanol–water partition coefficient (Wildman–Crippen LogP) is 5.69. The van der Waals surface area contributed by atoms with Crippen LogP contribution < -0.4 is 14.5 Å². The van der Waals surface area contributed by atoms with E-state index in [2.05, 4.69) is 29.2 Å². The van der Waals surface area contributed by atoms with Crippen LogP contribution in [0.2, 0.25) is 0 Å². The third kappa shape index (κ3) is 6.36. The second kappa shape index (κ2) is 12.6. The quantitative estimate of drug-likeness (QED) is 0.282. The molecule has 2 aliphatic heterocycles. The number of aromatic nitrogens is 2. The minimum Gasteiger partial charge on any atom is -0.497 e. The second-order valence-corrected chi connectivity index (χ2v) is 12.9. The van der Waals surface area contributed by atoms with Gasteiger partial charge in [0.1, 0.15) is 17.0 Å². The number of ether oxygens (including phenoxy) is 2. The maximum atomic E-state index is 14.3. The lowest BCUT2D eigenvalue weighted by Gasteiger charge is -2.29. The van der Waals surface area contributed by atoms with Crippen molar-refractivity contribution in [3.8, 4) is 22.6 Å². The van der Waals surface area contributed by atoms with Crippen LogP contribution in [0.1, 0.15) is 48.8 Å². The van der Waals surface area contributed by atoms with Crippen molar-refractivity contribution in [2.75, 3.05) is 43.6 Å². The molecular weight excluding hydrogens is 582 g/mol. The number of aliphatic hydroxyl groups is 1. The molecule has 3 aromatic carbocycles. The van der Waals surface area contributed by atoms with Gasteiger partial charge in [-0.05, 0) is 86.7 Å². The van der Waals surface area contributed by atoms with E-state index in [4.69, 9.17) is 14.6 Å². The summed E-state index contributed by atoms with van der Waals surface area (Å²) >= 11 is 0. The molecule has 6 rings (SSSR count). The molecule has 3 heterocycles. The van der Waals surface area contributed by atoms with Crippen molar-refractivity contribution in [3.05, 3.63) is 89.6 Å². The Morgan fingerprint density at radius 2 is 1.70 bits per heavy atom. The molecule has 1 saturated heterocycles. The maximum absolute atomic E-state index is 14.3. The Labute approximate surface area is 269 Å². The summed E-state index contributed by atoms with van der Waals surface area (Å²) in [7, 11) is 3.22. The number of hydrogen-bond donors (Lipinski definition) is 1. The maximum Gasteiger partial charge on any atom is 0.415 e. The molecule has 2 aliphatic rings. The summed E-state index contributed by atoms with van der Waals surface area (Å²) in [5, 5.41) is 14.8. The average Bonchev–Trinajstić information content (AvgIpc) is 3.64. The monoisotopic (exact) mass is 623 g/mol. The molecule has 46 heavy (non-hydrogen) atoms. The Balaban J connectivity index is 1.31. The highest BCUT2D eigenvalue weighted by Crippen LogP contribution is 2.35. The van der Waals surface area contributed by atoms with Gasteiger partial charge in [0, 0.05) is 44.5 Å². The fraction of sp³-hybridized carbons (Fsp3) is 0.361. The first-order valence-corrected chi connectivity index (χ1v) is 15.7. The molecule has 4 aromatic rings. The molecule has 240 valence electrons. The number of nitrogens with zero attached hydrogens (tertiary/aromatic N) is 5. The van der Waals surface area contributed by atoms with Gasteiger partial charge in [0.25, 0.3) is 5.91 Å². The highest BCUT2D eigenvalue weighted by atomic mass is 16.6. The number of rotatable bonds is 7. The smallest absolute Gasteiger partial charge is 0.415 e. The van der Waals surface area contributed by atoms with Gasteiger partial charge in [0.2, 0.25) is 0 Å². The fourth-order valence-electron chi connectivity index (χ4n) is 6.14. The molecule has 0 aliphatic carbocycles. The summed E-state index contributed by atoms with van der Waals surface area (Å²) in [5.74, 6) is 0.878. The molecule has 0 spiro atoms. The number of β-amino-alcohol motifs (C(OH)–C–C–N with tert-alkyl or cyclic N) is 1. The first-order chi connectivity index (χ1) is 22.0. The van der Waals surface area contributed by atoms with E-state index >= 15 is 0 Å². The minimum atomic E-state index is -0.681. The van der Waals surface area contributed by atoms with Crippen LogP contribution in [0.15, 0.2) is 72.8 Å². The van der Waals surface area contributed by atoms with E-state index in [9.17, 15) is 14.7 Å². The number of carbonyl (C=O) groups is 2. The number of fused-ring (bicyclic) bond motifs is 1. The van der Waals surface area contributed by atoms with Gasteiger partial charge in [-0.25, -0.2) is 9.48 Å². The minimum absolute atomic E-state index is 0.200. The largest absolute Gasteiger partial charge is 0.497 e. The van der Waals surface area contributed by atoms with Gasteiger partial charge in [0.15, 0.2) is 5.82 Å². The Hall–Kier alpha value is -4.67. The number of hydrogen-bond acceptors (Lipinski definition) is 7. The first-order valence-electron chi connectivity index (χ1n) is 15.7. The fourth-order valence-corrected chi connectivity index (χ4v) is 6.14. The van der Waals surface area contributed by atoms with E-state index in [1.807, 2.05) is 69.3 Å². The highest BCUT2D eigenvalue weighted by molar-refractivity contribution is 6.09. The van der Waals surface area contributed by atoms with Crippen molar-refractivity contribution in [1.82, 2.24) is 14.7 Å². The van der Waals surface area contributed by atoms with Crippen molar-refractivity contribution in [2.45, 2.75) is 51.9 Å². The number of anilines is 2. The molecule has 1 N–H and O–H groups in total. The molecular formula is C36H41N5O5. The van der Waals surface area contributed by atoms with Crippen molar-refractivity contribution in [3.63, 3.8) is 0 Å². The topological polar surface area (TPSA) is 100 Å². The summed E-state index contributed by atoms with van der Waals surface area (Å²) in [6, 6.07) is 23.7. The van der Waals surface area contributed by atoms with E-state index in [0.717, 1.165) is 36.3 Å².